The van der Waals surface area contributed by atoms with Gasteiger partial charge >= 0.3 is 0 Å². The van der Waals surface area contributed by atoms with Gasteiger partial charge in [-0.15, -0.1) is 11.3 Å². The molecule has 1 amide bonds. The van der Waals surface area contributed by atoms with Gasteiger partial charge < -0.3 is 15.4 Å². The summed E-state index contributed by atoms with van der Waals surface area (Å²) in [6.45, 7) is 2.25. The van der Waals surface area contributed by atoms with Crippen molar-refractivity contribution in [1.29, 1.82) is 0 Å². The number of rotatable bonds is 4. The van der Waals surface area contributed by atoms with Gasteiger partial charge in [0.1, 0.15) is 11.0 Å². The molecule has 0 aliphatic carbocycles. The Morgan fingerprint density at radius 2 is 2.29 bits per heavy atom. The molecule has 1 saturated heterocycles. The Morgan fingerprint density at radius 3 is 3.05 bits per heavy atom. The minimum absolute atomic E-state index is 0.0380. The molecule has 1 fully saturated rings. The zero-order valence-corrected chi connectivity index (χ0v) is 12.4. The molecule has 1 aliphatic rings. The van der Waals surface area contributed by atoms with Gasteiger partial charge in [-0.05, 0) is 0 Å². The predicted octanol–water partition coefficient (Wildman–Crippen LogP) is 1.41. The van der Waals surface area contributed by atoms with E-state index in [0.29, 0.717) is 26.3 Å². The number of ether oxygens (including phenoxy) is 1. The maximum atomic E-state index is 12.0. The molecule has 0 bridgehead atoms. The minimum atomic E-state index is -0.258. The predicted molar refractivity (Wildman–Crippen MR) is 82.0 cm³/mol. The number of nitrogens with zero attached hydrogens (tertiary/aromatic N) is 1. The van der Waals surface area contributed by atoms with E-state index in [0.717, 1.165) is 16.3 Å². The summed E-state index contributed by atoms with van der Waals surface area (Å²) >= 11 is 1.59. The summed E-state index contributed by atoms with van der Waals surface area (Å²) in [7, 11) is 0. The number of thiazole rings is 1. The van der Waals surface area contributed by atoms with Crippen molar-refractivity contribution in [1.82, 2.24) is 15.6 Å². The highest BCUT2D eigenvalue weighted by Crippen LogP contribution is 2.23. The quantitative estimate of drug-likeness (QED) is 0.896. The Hall–Kier alpha value is -1.76. The third-order valence-electron chi connectivity index (χ3n) is 3.25. The van der Waals surface area contributed by atoms with Crippen LogP contribution in [-0.4, -0.2) is 36.7 Å². The highest BCUT2D eigenvalue weighted by atomic mass is 32.1. The van der Waals surface area contributed by atoms with Gasteiger partial charge in [0.15, 0.2) is 0 Å². The molecule has 6 heteroatoms. The second-order valence-electron chi connectivity index (χ2n) is 4.81. The molecule has 2 aromatic rings. The summed E-state index contributed by atoms with van der Waals surface area (Å²) in [5.74, 6) is -0.0380. The molecule has 21 heavy (non-hydrogen) atoms. The minimum Gasteiger partial charge on any atom is -0.378 e. The van der Waals surface area contributed by atoms with Crippen molar-refractivity contribution in [3.05, 3.63) is 41.4 Å². The molecule has 1 aromatic heterocycles. The van der Waals surface area contributed by atoms with Gasteiger partial charge in [-0.2, -0.15) is 0 Å². The molecule has 1 atom stereocenters. The molecule has 1 aromatic carbocycles. The number of nitrogens with one attached hydrogen (secondary N) is 2. The number of carbonyl (C=O) groups excluding carboxylic acids is 1. The summed E-state index contributed by atoms with van der Waals surface area (Å²) in [5.41, 5.74) is 1.98. The van der Waals surface area contributed by atoms with Gasteiger partial charge in [-0.25, -0.2) is 4.98 Å². The van der Waals surface area contributed by atoms with Crippen molar-refractivity contribution >= 4 is 17.2 Å². The lowest BCUT2D eigenvalue weighted by atomic mass is 10.2. The first kappa shape index (κ1) is 14.2. The Morgan fingerprint density at radius 1 is 1.43 bits per heavy atom. The molecule has 1 unspecified atom stereocenters. The van der Waals surface area contributed by atoms with E-state index in [1.54, 1.807) is 11.3 Å². The van der Waals surface area contributed by atoms with Gasteiger partial charge in [0, 0.05) is 17.5 Å². The Balaban J connectivity index is 1.56. The van der Waals surface area contributed by atoms with Crippen LogP contribution >= 0.6 is 11.3 Å². The van der Waals surface area contributed by atoms with Crippen molar-refractivity contribution in [2.24, 2.45) is 0 Å². The normalized spacial score (nSPS) is 18.4. The van der Waals surface area contributed by atoms with E-state index in [9.17, 15) is 4.79 Å². The van der Waals surface area contributed by atoms with Crippen molar-refractivity contribution in [2.75, 3.05) is 19.8 Å². The van der Waals surface area contributed by atoms with Gasteiger partial charge in [-0.1, -0.05) is 30.3 Å². The van der Waals surface area contributed by atoms with Crippen molar-refractivity contribution in [3.63, 3.8) is 0 Å². The van der Waals surface area contributed by atoms with E-state index in [2.05, 4.69) is 15.6 Å². The maximum Gasteiger partial charge on any atom is 0.239 e. The topological polar surface area (TPSA) is 63.2 Å². The first-order valence-electron chi connectivity index (χ1n) is 6.91. The number of amides is 1. The third kappa shape index (κ3) is 3.66. The van der Waals surface area contributed by atoms with Crippen LogP contribution in [-0.2, 0) is 16.1 Å². The fourth-order valence-electron chi connectivity index (χ4n) is 2.14. The number of carbonyl (C=O) groups is 1. The molecule has 110 valence electrons. The molecule has 0 spiro atoms. The van der Waals surface area contributed by atoms with Crippen LogP contribution in [0.1, 0.15) is 5.69 Å². The zero-order valence-electron chi connectivity index (χ0n) is 11.5. The average Bonchev–Trinajstić information content (AvgIpc) is 3.03. The fourth-order valence-corrected chi connectivity index (χ4v) is 2.96. The molecular weight excluding hydrogens is 286 g/mol. The Kier molecular flexibility index (Phi) is 4.59. The van der Waals surface area contributed by atoms with Crippen LogP contribution in [0, 0.1) is 0 Å². The van der Waals surface area contributed by atoms with Crippen LogP contribution in [0.15, 0.2) is 35.7 Å². The lowest BCUT2D eigenvalue weighted by Gasteiger charge is -2.22. The summed E-state index contributed by atoms with van der Waals surface area (Å²) in [5, 5.41) is 8.98. The van der Waals surface area contributed by atoms with Gasteiger partial charge in [-0.3, -0.25) is 4.79 Å². The Bertz CT molecular complexity index is 594. The van der Waals surface area contributed by atoms with Crippen LogP contribution in [0.2, 0.25) is 0 Å². The van der Waals surface area contributed by atoms with E-state index in [-0.39, 0.29) is 11.9 Å². The molecule has 5 nitrogen and oxygen atoms in total. The molecule has 0 saturated carbocycles. The Labute approximate surface area is 127 Å². The van der Waals surface area contributed by atoms with Crippen molar-refractivity contribution < 1.29 is 9.53 Å². The summed E-state index contributed by atoms with van der Waals surface area (Å²) in [6.07, 6.45) is 0. The van der Waals surface area contributed by atoms with Crippen LogP contribution in [0.4, 0.5) is 0 Å². The maximum absolute atomic E-state index is 12.0. The molecule has 3 rings (SSSR count). The van der Waals surface area contributed by atoms with Gasteiger partial charge in [0.05, 0.1) is 25.5 Å². The molecule has 1 aliphatic heterocycles. The largest absolute Gasteiger partial charge is 0.378 e. The van der Waals surface area contributed by atoms with E-state index < -0.39 is 0 Å². The van der Waals surface area contributed by atoms with Crippen molar-refractivity contribution in [2.45, 2.75) is 12.6 Å². The van der Waals surface area contributed by atoms with Gasteiger partial charge in [0.2, 0.25) is 5.91 Å². The number of hydrogen-bond acceptors (Lipinski definition) is 5. The van der Waals surface area contributed by atoms with Crippen LogP contribution in [0.5, 0.6) is 0 Å². The van der Waals surface area contributed by atoms with Crippen LogP contribution in [0.3, 0.4) is 0 Å². The summed E-state index contributed by atoms with van der Waals surface area (Å²) in [4.78, 5) is 16.5. The van der Waals surface area contributed by atoms with E-state index in [1.165, 1.54) is 0 Å². The van der Waals surface area contributed by atoms with Gasteiger partial charge in [0.25, 0.3) is 0 Å². The smallest absolute Gasteiger partial charge is 0.239 e. The number of aromatic nitrogens is 1. The second-order valence-corrected chi connectivity index (χ2v) is 5.67. The second kappa shape index (κ2) is 6.80. The van der Waals surface area contributed by atoms with E-state index >= 15 is 0 Å². The lowest BCUT2D eigenvalue weighted by molar-refractivity contribution is -0.126. The van der Waals surface area contributed by atoms with E-state index in [4.69, 9.17) is 4.74 Å². The standard InChI is InChI=1S/C15H17N3O2S/c19-14(13-9-20-7-6-16-13)17-8-12-10-21-15(18-12)11-4-2-1-3-5-11/h1-5,10,13,16H,6-9H2,(H,17,19). The number of hydrogen-bond donors (Lipinski definition) is 2. The van der Waals surface area contributed by atoms with Crippen molar-refractivity contribution in [3.8, 4) is 10.6 Å². The molecule has 2 heterocycles. The molecular formula is C15H17N3O2S. The monoisotopic (exact) mass is 303 g/mol. The fraction of sp³-hybridized carbons (Fsp3) is 0.333. The van der Waals surface area contributed by atoms with Crippen LogP contribution in [0.25, 0.3) is 10.6 Å². The van der Waals surface area contributed by atoms with E-state index in [1.807, 2.05) is 35.7 Å². The third-order valence-corrected chi connectivity index (χ3v) is 4.19. The molecule has 2 N–H and O–H groups in total. The highest BCUT2D eigenvalue weighted by molar-refractivity contribution is 7.13. The number of morpholine rings is 1. The SMILES string of the molecule is O=C(NCc1csc(-c2ccccc2)n1)C1COCCN1. The van der Waals surface area contributed by atoms with Crippen LogP contribution < -0.4 is 10.6 Å². The average molecular weight is 303 g/mol. The zero-order chi connectivity index (χ0) is 14.5. The lowest BCUT2D eigenvalue weighted by Crippen LogP contribution is -2.51. The molecule has 0 radical (unpaired) electrons. The highest BCUT2D eigenvalue weighted by Gasteiger charge is 2.20. The first-order chi connectivity index (χ1) is 10.3. The number of benzene rings is 1. The first-order valence-corrected chi connectivity index (χ1v) is 7.79. The summed E-state index contributed by atoms with van der Waals surface area (Å²) < 4.78 is 5.28. The summed E-state index contributed by atoms with van der Waals surface area (Å²) in [6, 6.07) is 9.78.